The SMILES string of the molecule is [CH2]CCC(CC[C]1OC2COCC(C2)O1)c1ccccc1. The Morgan fingerprint density at radius 3 is 2.43 bits per heavy atom. The minimum atomic E-state index is 0.190. The van der Waals surface area contributed by atoms with Crippen LogP contribution in [-0.4, -0.2) is 25.4 Å². The fourth-order valence-electron chi connectivity index (χ4n) is 3.18. The van der Waals surface area contributed by atoms with Gasteiger partial charge in [0.25, 0.3) is 0 Å². The molecule has 3 atom stereocenters. The summed E-state index contributed by atoms with van der Waals surface area (Å²) in [6.07, 6.45) is 6.13. The van der Waals surface area contributed by atoms with Gasteiger partial charge in [-0.15, -0.1) is 0 Å². The van der Waals surface area contributed by atoms with Gasteiger partial charge in [-0.2, -0.15) is 0 Å². The summed E-state index contributed by atoms with van der Waals surface area (Å²) >= 11 is 0. The highest BCUT2D eigenvalue weighted by Crippen LogP contribution is 2.34. The minimum absolute atomic E-state index is 0.190. The predicted molar refractivity (Wildman–Crippen MR) is 81.4 cm³/mol. The fraction of sp³-hybridized carbons (Fsp3) is 0.556. The first-order chi connectivity index (χ1) is 10.3. The number of benzene rings is 1. The molecule has 2 aliphatic rings. The number of fused-ring (bicyclic) bond motifs is 2. The van der Waals surface area contributed by atoms with E-state index in [0.717, 1.165) is 38.4 Å². The summed E-state index contributed by atoms with van der Waals surface area (Å²) in [5.74, 6) is 0.529. The molecule has 1 aromatic carbocycles. The van der Waals surface area contributed by atoms with E-state index in [4.69, 9.17) is 14.2 Å². The first-order valence-corrected chi connectivity index (χ1v) is 7.96. The first kappa shape index (κ1) is 15.0. The number of hydrogen-bond acceptors (Lipinski definition) is 3. The maximum atomic E-state index is 5.88. The van der Waals surface area contributed by atoms with Gasteiger partial charge in [-0.05, 0) is 24.3 Å². The van der Waals surface area contributed by atoms with E-state index in [-0.39, 0.29) is 12.2 Å². The van der Waals surface area contributed by atoms with Gasteiger partial charge in [0.1, 0.15) is 0 Å². The molecule has 21 heavy (non-hydrogen) atoms. The fourth-order valence-corrected chi connectivity index (χ4v) is 3.18. The Hall–Kier alpha value is -0.900. The molecule has 3 unspecified atom stereocenters. The van der Waals surface area contributed by atoms with Crippen LogP contribution in [0.5, 0.6) is 0 Å². The third-order valence-electron chi connectivity index (χ3n) is 4.25. The summed E-state index contributed by atoms with van der Waals surface area (Å²) in [7, 11) is 0. The largest absolute Gasteiger partial charge is 0.376 e. The predicted octanol–water partition coefficient (Wildman–Crippen LogP) is 3.86. The molecule has 0 N–H and O–H groups in total. The van der Waals surface area contributed by atoms with Crippen LogP contribution in [0.15, 0.2) is 30.3 Å². The van der Waals surface area contributed by atoms with E-state index in [9.17, 15) is 0 Å². The molecule has 0 saturated carbocycles. The van der Waals surface area contributed by atoms with E-state index in [2.05, 4.69) is 37.3 Å². The highest BCUT2D eigenvalue weighted by Gasteiger charge is 2.35. The second-order valence-electron chi connectivity index (χ2n) is 5.91. The average Bonchev–Trinajstić information content (AvgIpc) is 2.52. The Morgan fingerprint density at radius 1 is 1.05 bits per heavy atom. The first-order valence-electron chi connectivity index (χ1n) is 7.96. The monoisotopic (exact) mass is 288 g/mol. The van der Waals surface area contributed by atoms with Crippen molar-refractivity contribution in [2.45, 2.75) is 50.2 Å². The van der Waals surface area contributed by atoms with Gasteiger partial charge in [0.2, 0.25) is 6.29 Å². The van der Waals surface area contributed by atoms with Crippen molar-refractivity contribution in [2.75, 3.05) is 13.2 Å². The molecule has 114 valence electrons. The van der Waals surface area contributed by atoms with Crippen LogP contribution in [0.4, 0.5) is 0 Å². The minimum Gasteiger partial charge on any atom is -0.376 e. The molecule has 3 nitrogen and oxygen atoms in total. The van der Waals surface area contributed by atoms with Gasteiger partial charge >= 0.3 is 0 Å². The molecule has 2 radical (unpaired) electrons. The summed E-state index contributed by atoms with van der Waals surface area (Å²) in [5.41, 5.74) is 1.39. The molecule has 3 heteroatoms. The van der Waals surface area contributed by atoms with Gasteiger partial charge in [-0.1, -0.05) is 43.7 Å². The van der Waals surface area contributed by atoms with Gasteiger partial charge < -0.3 is 14.2 Å². The highest BCUT2D eigenvalue weighted by atomic mass is 16.7. The molecule has 2 saturated heterocycles. The van der Waals surface area contributed by atoms with E-state index in [1.54, 1.807) is 0 Å². The van der Waals surface area contributed by atoms with Gasteiger partial charge in [0.15, 0.2) is 0 Å². The van der Waals surface area contributed by atoms with E-state index >= 15 is 0 Å². The van der Waals surface area contributed by atoms with Gasteiger partial charge in [0.05, 0.1) is 25.4 Å². The van der Waals surface area contributed by atoms with Crippen molar-refractivity contribution in [3.8, 4) is 0 Å². The molecule has 2 fully saturated rings. The number of rotatable bonds is 6. The molecule has 0 spiro atoms. The van der Waals surface area contributed by atoms with Crippen LogP contribution in [-0.2, 0) is 14.2 Å². The summed E-state index contributed by atoms with van der Waals surface area (Å²) in [6.45, 7) is 5.40. The number of ether oxygens (including phenoxy) is 3. The summed E-state index contributed by atoms with van der Waals surface area (Å²) in [5, 5.41) is 0. The van der Waals surface area contributed by atoms with Crippen LogP contribution in [0, 0.1) is 13.2 Å². The highest BCUT2D eigenvalue weighted by molar-refractivity contribution is 5.19. The Bertz CT molecular complexity index is 408. The Balaban J connectivity index is 1.54. The molecule has 1 aromatic rings. The third-order valence-corrected chi connectivity index (χ3v) is 4.25. The van der Waals surface area contributed by atoms with E-state index < -0.39 is 0 Å². The van der Waals surface area contributed by atoms with Crippen molar-refractivity contribution < 1.29 is 14.2 Å². The molecule has 3 rings (SSSR count). The molecule has 2 heterocycles. The Labute approximate surface area is 127 Å². The van der Waals surface area contributed by atoms with Crippen LogP contribution < -0.4 is 0 Å². The second kappa shape index (κ2) is 7.39. The van der Waals surface area contributed by atoms with Crippen LogP contribution in [0.2, 0.25) is 0 Å². The summed E-state index contributed by atoms with van der Waals surface area (Å²) in [6, 6.07) is 10.7. The van der Waals surface area contributed by atoms with Crippen molar-refractivity contribution in [3.05, 3.63) is 49.1 Å². The van der Waals surface area contributed by atoms with Crippen molar-refractivity contribution in [2.24, 2.45) is 0 Å². The van der Waals surface area contributed by atoms with Crippen molar-refractivity contribution in [1.29, 1.82) is 0 Å². The maximum absolute atomic E-state index is 5.88. The lowest BCUT2D eigenvalue weighted by Gasteiger charge is -2.38. The normalized spacial score (nSPS) is 27.5. The van der Waals surface area contributed by atoms with Crippen molar-refractivity contribution in [3.63, 3.8) is 0 Å². The standard InChI is InChI=1S/C18H24O3/c1-2-6-14(15-7-4-3-5-8-15)9-10-18-20-16-11-17(21-18)13-19-12-16/h3-5,7-8,14,16-17H,1-2,6,9-13H2. The Kier molecular flexibility index (Phi) is 5.28. The smallest absolute Gasteiger partial charge is 0.224 e. The molecular weight excluding hydrogens is 264 g/mol. The van der Waals surface area contributed by atoms with Gasteiger partial charge in [-0.25, -0.2) is 0 Å². The Morgan fingerprint density at radius 2 is 1.76 bits per heavy atom. The zero-order chi connectivity index (χ0) is 14.5. The van der Waals surface area contributed by atoms with Crippen LogP contribution in [0.25, 0.3) is 0 Å². The summed E-state index contributed by atoms with van der Waals surface area (Å²) in [4.78, 5) is 0. The molecule has 0 amide bonds. The topological polar surface area (TPSA) is 27.7 Å². The zero-order valence-electron chi connectivity index (χ0n) is 12.5. The summed E-state index contributed by atoms with van der Waals surface area (Å²) < 4.78 is 17.2. The molecule has 2 aliphatic heterocycles. The lowest BCUT2D eigenvalue weighted by Crippen LogP contribution is -2.43. The molecule has 0 aliphatic carbocycles. The maximum Gasteiger partial charge on any atom is 0.224 e. The lowest BCUT2D eigenvalue weighted by atomic mass is 9.90. The quantitative estimate of drug-likeness (QED) is 0.795. The van der Waals surface area contributed by atoms with Crippen LogP contribution >= 0.6 is 0 Å². The number of hydrogen-bond donors (Lipinski definition) is 0. The van der Waals surface area contributed by atoms with E-state index in [1.807, 2.05) is 0 Å². The van der Waals surface area contributed by atoms with E-state index in [0.29, 0.717) is 19.1 Å². The average molecular weight is 288 g/mol. The molecular formula is C18H24O3. The van der Waals surface area contributed by atoms with Gasteiger partial charge in [0, 0.05) is 12.8 Å². The molecule has 0 aromatic heterocycles. The third kappa shape index (κ3) is 4.06. The molecule has 2 bridgehead atoms. The van der Waals surface area contributed by atoms with Crippen molar-refractivity contribution in [1.82, 2.24) is 0 Å². The van der Waals surface area contributed by atoms with Crippen molar-refractivity contribution >= 4 is 0 Å². The zero-order valence-corrected chi connectivity index (χ0v) is 12.5. The van der Waals surface area contributed by atoms with Gasteiger partial charge in [-0.3, -0.25) is 0 Å². The van der Waals surface area contributed by atoms with Crippen LogP contribution in [0.1, 0.15) is 43.6 Å². The lowest BCUT2D eigenvalue weighted by molar-refractivity contribution is -0.225. The van der Waals surface area contributed by atoms with Crippen LogP contribution in [0.3, 0.4) is 0 Å². The van der Waals surface area contributed by atoms with E-state index in [1.165, 1.54) is 5.56 Å². The second-order valence-corrected chi connectivity index (χ2v) is 5.91.